The third-order valence-corrected chi connectivity index (χ3v) is 6.14. The van der Waals surface area contributed by atoms with Crippen molar-refractivity contribution in [1.29, 1.82) is 0 Å². The fraction of sp³-hybridized carbons (Fsp3) is 0.143. The number of carbonyl (C=O) groups is 1. The van der Waals surface area contributed by atoms with Crippen molar-refractivity contribution in [2.75, 3.05) is 23.8 Å². The fourth-order valence-electron chi connectivity index (χ4n) is 2.69. The molecule has 3 rings (SSSR count). The summed E-state index contributed by atoms with van der Waals surface area (Å²) in [7, 11) is -0.884. The summed E-state index contributed by atoms with van der Waals surface area (Å²) in [5.74, 6) is 0.497. The third-order valence-electron chi connectivity index (χ3n) is 4.35. The zero-order valence-electron chi connectivity index (χ0n) is 16.3. The number of benzene rings is 2. The van der Waals surface area contributed by atoms with Gasteiger partial charge in [0.15, 0.2) is 0 Å². The van der Waals surface area contributed by atoms with Crippen LogP contribution in [0.2, 0.25) is 0 Å². The molecule has 0 atom stereocenters. The average Bonchev–Trinajstić information content (AvgIpc) is 2.74. The zero-order valence-corrected chi connectivity index (χ0v) is 17.1. The minimum Gasteiger partial charge on any atom is -0.495 e. The zero-order chi connectivity index (χ0) is 21.0. The van der Waals surface area contributed by atoms with Gasteiger partial charge in [-0.05, 0) is 55.0 Å². The lowest BCUT2D eigenvalue weighted by Crippen LogP contribution is -2.27. The van der Waals surface area contributed by atoms with E-state index in [1.807, 2.05) is 13.0 Å². The predicted molar refractivity (Wildman–Crippen MR) is 112 cm³/mol. The number of nitrogens with one attached hydrogen (secondary N) is 1. The Bertz CT molecular complexity index is 1110. The fourth-order valence-corrected chi connectivity index (χ4v) is 3.89. The van der Waals surface area contributed by atoms with Gasteiger partial charge in [0.25, 0.3) is 15.9 Å². The van der Waals surface area contributed by atoms with Gasteiger partial charge < -0.3 is 10.1 Å². The maximum atomic E-state index is 13.0. The second-order valence-electron chi connectivity index (χ2n) is 6.34. The largest absolute Gasteiger partial charge is 0.495 e. The van der Waals surface area contributed by atoms with Crippen molar-refractivity contribution in [3.63, 3.8) is 0 Å². The van der Waals surface area contributed by atoms with E-state index in [1.165, 1.54) is 38.4 Å². The lowest BCUT2D eigenvalue weighted by atomic mass is 10.2. The van der Waals surface area contributed by atoms with Crippen molar-refractivity contribution in [1.82, 2.24) is 4.98 Å². The highest BCUT2D eigenvalue weighted by Gasteiger charge is 2.24. The van der Waals surface area contributed by atoms with Crippen molar-refractivity contribution in [3.05, 3.63) is 78.0 Å². The molecule has 0 bridgehead atoms. The van der Waals surface area contributed by atoms with E-state index < -0.39 is 10.0 Å². The number of aryl methyl sites for hydroxylation is 1. The number of amides is 1. The molecule has 0 aliphatic heterocycles. The first-order valence-corrected chi connectivity index (χ1v) is 10.2. The van der Waals surface area contributed by atoms with Crippen LogP contribution in [-0.2, 0) is 10.0 Å². The van der Waals surface area contributed by atoms with Crippen molar-refractivity contribution in [2.24, 2.45) is 0 Å². The number of carbonyl (C=O) groups excluding carboxylic acids is 1. The SMILES string of the molecule is COc1ccccc1N(C)S(=O)(=O)c1ccc(C(=O)Nc2ccc(C)cn2)cc1. The second-order valence-corrected chi connectivity index (χ2v) is 8.31. The molecule has 1 aromatic heterocycles. The number of para-hydroxylation sites is 2. The smallest absolute Gasteiger partial charge is 0.264 e. The highest BCUT2D eigenvalue weighted by Crippen LogP contribution is 2.30. The Kier molecular flexibility index (Phi) is 5.84. The molecule has 7 nitrogen and oxygen atoms in total. The van der Waals surface area contributed by atoms with E-state index in [4.69, 9.17) is 4.74 Å². The van der Waals surface area contributed by atoms with E-state index in [1.54, 1.807) is 36.5 Å². The van der Waals surface area contributed by atoms with E-state index in [-0.39, 0.29) is 10.8 Å². The first kappa shape index (κ1) is 20.3. The molecule has 0 saturated carbocycles. The van der Waals surface area contributed by atoms with Gasteiger partial charge in [-0.3, -0.25) is 9.10 Å². The van der Waals surface area contributed by atoms with Gasteiger partial charge in [-0.2, -0.15) is 0 Å². The van der Waals surface area contributed by atoms with E-state index in [9.17, 15) is 13.2 Å². The van der Waals surface area contributed by atoms with Gasteiger partial charge >= 0.3 is 0 Å². The van der Waals surface area contributed by atoms with Crippen LogP contribution in [0.5, 0.6) is 5.75 Å². The second kappa shape index (κ2) is 8.32. The number of nitrogens with zero attached hydrogens (tertiary/aromatic N) is 2. The molecular weight excluding hydrogens is 390 g/mol. The molecule has 29 heavy (non-hydrogen) atoms. The summed E-state index contributed by atoms with van der Waals surface area (Å²) < 4.78 is 32.3. The first-order valence-electron chi connectivity index (χ1n) is 8.79. The number of ether oxygens (including phenoxy) is 1. The molecule has 0 unspecified atom stereocenters. The standard InChI is InChI=1S/C21H21N3O4S/c1-15-8-13-20(22-14-15)23-21(25)16-9-11-17(12-10-16)29(26,27)24(2)18-6-4-5-7-19(18)28-3/h4-14H,1-3H3,(H,22,23,25). The topological polar surface area (TPSA) is 88.6 Å². The Morgan fingerprint density at radius 2 is 1.72 bits per heavy atom. The normalized spacial score (nSPS) is 11.0. The van der Waals surface area contributed by atoms with E-state index in [0.29, 0.717) is 22.8 Å². The molecule has 0 aliphatic carbocycles. The van der Waals surface area contributed by atoms with Crippen LogP contribution in [0.4, 0.5) is 11.5 Å². The van der Waals surface area contributed by atoms with Crippen LogP contribution in [0.15, 0.2) is 71.8 Å². The number of pyridine rings is 1. The van der Waals surface area contributed by atoms with Gasteiger partial charge in [-0.25, -0.2) is 13.4 Å². The Labute approximate surface area is 170 Å². The quantitative estimate of drug-likeness (QED) is 0.671. The number of sulfonamides is 1. The Morgan fingerprint density at radius 1 is 1.03 bits per heavy atom. The van der Waals surface area contributed by atoms with Crippen molar-refractivity contribution in [2.45, 2.75) is 11.8 Å². The molecule has 0 fully saturated rings. The van der Waals surface area contributed by atoms with E-state index >= 15 is 0 Å². The van der Waals surface area contributed by atoms with Gasteiger partial charge in [-0.1, -0.05) is 18.2 Å². The lowest BCUT2D eigenvalue weighted by molar-refractivity contribution is 0.102. The van der Waals surface area contributed by atoms with Crippen molar-refractivity contribution in [3.8, 4) is 5.75 Å². The van der Waals surface area contributed by atoms with Crippen LogP contribution < -0.4 is 14.4 Å². The van der Waals surface area contributed by atoms with Gasteiger partial charge in [0.05, 0.1) is 17.7 Å². The maximum Gasteiger partial charge on any atom is 0.264 e. The molecule has 0 spiro atoms. The summed E-state index contributed by atoms with van der Waals surface area (Å²) in [6, 6.07) is 16.1. The van der Waals surface area contributed by atoms with Crippen LogP contribution in [0.3, 0.4) is 0 Å². The summed E-state index contributed by atoms with van der Waals surface area (Å²) in [6.45, 7) is 1.90. The number of hydrogen-bond acceptors (Lipinski definition) is 5. The molecule has 0 saturated heterocycles. The van der Waals surface area contributed by atoms with Crippen molar-refractivity contribution >= 4 is 27.4 Å². The molecule has 150 valence electrons. The molecule has 1 amide bonds. The number of methoxy groups -OCH3 is 1. The number of anilines is 2. The molecule has 0 aliphatic rings. The molecule has 2 aromatic carbocycles. The Hall–Kier alpha value is -3.39. The van der Waals surface area contributed by atoms with Gasteiger partial charge in [0.2, 0.25) is 0 Å². The predicted octanol–water partition coefficient (Wildman–Crippen LogP) is 3.48. The summed E-state index contributed by atoms with van der Waals surface area (Å²) in [4.78, 5) is 16.6. The Balaban J connectivity index is 1.81. The molecule has 1 N–H and O–H groups in total. The maximum absolute atomic E-state index is 13.0. The third kappa shape index (κ3) is 4.38. The Morgan fingerprint density at radius 3 is 2.34 bits per heavy atom. The minimum absolute atomic E-state index is 0.0657. The van der Waals surface area contributed by atoms with E-state index in [2.05, 4.69) is 10.3 Å². The van der Waals surface area contributed by atoms with Crippen LogP contribution in [0.1, 0.15) is 15.9 Å². The summed E-state index contributed by atoms with van der Waals surface area (Å²) >= 11 is 0. The van der Waals surface area contributed by atoms with E-state index in [0.717, 1.165) is 9.87 Å². The molecule has 1 heterocycles. The van der Waals surface area contributed by atoms with Gasteiger partial charge in [0, 0.05) is 18.8 Å². The van der Waals surface area contributed by atoms with Crippen LogP contribution in [0, 0.1) is 6.92 Å². The van der Waals surface area contributed by atoms with Crippen molar-refractivity contribution < 1.29 is 17.9 Å². The van der Waals surface area contributed by atoms with Crippen LogP contribution >= 0.6 is 0 Å². The van der Waals surface area contributed by atoms with Gasteiger partial charge in [-0.15, -0.1) is 0 Å². The molecule has 3 aromatic rings. The summed E-state index contributed by atoms with van der Waals surface area (Å²) in [5.41, 5.74) is 1.73. The summed E-state index contributed by atoms with van der Waals surface area (Å²) in [6.07, 6.45) is 1.65. The lowest BCUT2D eigenvalue weighted by Gasteiger charge is -2.21. The van der Waals surface area contributed by atoms with Gasteiger partial charge in [0.1, 0.15) is 11.6 Å². The number of aromatic nitrogens is 1. The average molecular weight is 411 g/mol. The minimum atomic E-state index is -3.82. The molecule has 8 heteroatoms. The van der Waals surface area contributed by atoms with Crippen LogP contribution in [0.25, 0.3) is 0 Å². The highest BCUT2D eigenvalue weighted by molar-refractivity contribution is 7.92. The number of hydrogen-bond donors (Lipinski definition) is 1. The monoisotopic (exact) mass is 411 g/mol. The highest BCUT2D eigenvalue weighted by atomic mass is 32.2. The first-order chi connectivity index (χ1) is 13.8. The molecular formula is C21H21N3O4S. The molecule has 0 radical (unpaired) electrons. The summed E-state index contributed by atoms with van der Waals surface area (Å²) in [5, 5.41) is 2.68. The number of rotatable bonds is 6. The van der Waals surface area contributed by atoms with Crippen LogP contribution in [-0.4, -0.2) is 33.5 Å².